The topological polar surface area (TPSA) is 22.1 Å². The molecule has 0 aliphatic carbocycles. The summed E-state index contributed by atoms with van der Waals surface area (Å²) in [6, 6.07) is 8.22. The predicted molar refractivity (Wildman–Crippen MR) is 78.5 cm³/mol. The molecular weight excluding hydrogens is 242 g/mol. The second kappa shape index (κ2) is 6.64. The van der Waals surface area contributed by atoms with Gasteiger partial charge in [-0.05, 0) is 24.8 Å². The summed E-state index contributed by atoms with van der Waals surface area (Å²) in [5.41, 5.74) is 0. The molecule has 96 valence electrons. The summed E-state index contributed by atoms with van der Waals surface area (Å²) in [5.74, 6) is 0.973. The average Bonchev–Trinajstić information content (AvgIpc) is 2.43. The molecule has 1 aromatic heterocycles. The van der Waals surface area contributed by atoms with E-state index < -0.39 is 0 Å². The fraction of sp³-hybridized carbons (Fsp3) is 0.400. The number of aromatic nitrogens is 1. The minimum absolute atomic E-state index is 0.796. The number of ether oxygens (including phenoxy) is 1. The van der Waals surface area contributed by atoms with E-state index in [0.29, 0.717) is 0 Å². The van der Waals surface area contributed by atoms with Crippen LogP contribution in [0, 0.1) is 0 Å². The van der Waals surface area contributed by atoms with Crippen LogP contribution >= 0.6 is 11.8 Å². The Morgan fingerprint density at radius 3 is 2.83 bits per heavy atom. The van der Waals surface area contributed by atoms with Crippen molar-refractivity contribution in [2.45, 2.75) is 31.2 Å². The molecule has 3 heteroatoms. The lowest BCUT2D eigenvalue weighted by Crippen LogP contribution is -1.97. The van der Waals surface area contributed by atoms with Crippen molar-refractivity contribution >= 4 is 22.5 Å². The first-order valence-corrected chi connectivity index (χ1v) is 7.63. The third-order valence-electron chi connectivity index (χ3n) is 2.93. The molecule has 2 rings (SSSR count). The van der Waals surface area contributed by atoms with Gasteiger partial charge < -0.3 is 4.74 Å². The SMILES string of the molecule is CCCCCOc1cccc2c(SC)nccc12. The maximum Gasteiger partial charge on any atom is 0.127 e. The number of hydrogen-bond acceptors (Lipinski definition) is 3. The maximum absolute atomic E-state index is 5.88. The second-order valence-corrected chi connectivity index (χ2v) is 5.02. The van der Waals surface area contributed by atoms with Crippen LogP contribution in [0.3, 0.4) is 0 Å². The van der Waals surface area contributed by atoms with Gasteiger partial charge in [0.15, 0.2) is 0 Å². The Bertz CT molecular complexity index is 513. The minimum Gasteiger partial charge on any atom is -0.493 e. The lowest BCUT2D eigenvalue weighted by Gasteiger charge is -2.10. The van der Waals surface area contributed by atoms with E-state index in [1.54, 1.807) is 11.8 Å². The highest BCUT2D eigenvalue weighted by molar-refractivity contribution is 7.98. The van der Waals surface area contributed by atoms with Gasteiger partial charge in [-0.1, -0.05) is 31.9 Å². The molecule has 0 radical (unpaired) electrons. The van der Waals surface area contributed by atoms with Gasteiger partial charge in [-0.3, -0.25) is 0 Å². The van der Waals surface area contributed by atoms with Gasteiger partial charge in [0.05, 0.1) is 6.61 Å². The fourth-order valence-corrected chi connectivity index (χ4v) is 2.54. The first kappa shape index (κ1) is 13.2. The largest absolute Gasteiger partial charge is 0.493 e. The van der Waals surface area contributed by atoms with Crippen LogP contribution in [0.2, 0.25) is 0 Å². The molecule has 0 N–H and O–H groups in total. The molecule has 0 amide bonds. The highest BCUT2D eigenvalue weighted by Crippen LogP contribution is 2.30. The molecule has 0 atom stereocenters. The minimum atomic E-state index is 0.796. The summed E-state index contributed by atoms with van der Waals surface area (Å²) in [6.07, 6.45) is 7.47. The van der Waals surface area contributed by atoms with Gasteiger partial charge in [-0.25, -0.2) is 4.98 Å². The molecule has 0 aliphatic rings. The van der Waals surface area contributed by atoms with E-state index in [1.165, 1.54) is 18.2 Å². The van der Waals surface area contributed by atoms with E-state index in [1.807, 2.05) is 24.4 Å². The Balaban J connectivity index is 2.23. The van der Waals surface area contributed by atoms with Crippen molar-refractivity contribution in [3.8, 4) is 5.75 Å². The molecular formula is C15H19NOS. The van der Waals surface area contributed by atoms with Crippen LogP contribution in [0.15, 0.2) is 35.5 Å². The second-order valence-electron chi connectivity index (χ2n) is 4.23. The van der Waals surface area contributed by atoms with Crippen molar-refractivity contribution in [2.24, 2.45) is 0 Å². The first-order valence-electron chi connectivity index (χ1n) is 6.41. The van der Waals surface area contributed by atoms with Gasteiger partial charge in [0.2, 0.25) is 0 Å². The highest BCUT2D eigenvalue weighted by atomic mass is 32.2. The molecule has 2 nitrogen and oxygen atoms in total. The third kappa shape index (κ3) is 2.96. The number of hydrogen-bond donors (Lipinski definition) is 0. The summed E-state index contributed by atoms with van der Waals surface area (Å²) < 4.78 is 5.88. The van der Waals surface area contributed by atoms with E-state index in [-0.39, 0.29) is 0 Å². The van der Waals surface area contributed by atoms with Crippen LogP contribution in [-0.2, 0) is 0 Å². The van der Waals surface area contributed by atoms with Gasteiger partial charge >= 0.3 is 0 Å². The molecule has 1 heterocycles. The summed E-state index contributed by atoms with van der Waals surface area (Å²) in [6.45, 7) is 3.00. The number of fused-ring (bicyclic) bond motifs is 1. The Morgan fingerprint density at radius 1 is 1.17 bits per heavy atom. The van der Waals surface area contributed by atoms with E-state index >= 15 is 0 Å². The van der Waals surface area contributed by atoms with Crippen molar-refractivity contribution in [1.82, 2.24) is 4.98 Å². The van der Waals surface area contributed by atoms with Gasteiger partial charge in [0, 0.05) is 17.0 Å². The number of pyridine rings is 1. The molecule has 0 unspecified atom stereocenters. The Kier molecular flexibility index (Phi) is 4.88. The van der Waals surface area contributed by atoms with Crippen molar-refractivity contribution in [3.63, 3.8) is 0 Å². The molecule has 0 bridgehead atoms. The Hall–Kier alpha value is -1.22. The van der Waals surface area contributed by atoms with Gasteiger partial charge in [-0.2, -0.15) is 0 Å². The number of rotatable bonds is 6. The third-order valence-corrected chi connectivity index (χ3v) is 3.64. The average molecular weight is 261 g/mol. The molecule has 1 aromatic carbocycles. The molecule has 2 aromatic rings. The van der Waals surface area contributed by atoms with Crippen LogP contribution in [0.25, 0.3) is 10.8 Å². The maximum atomic E-state index is 5.88. The van der Waals surface area contributed by atoms with Crippen LogP contribution in [0.4, 0.5) is 0 Å². The monoisotopic (exact) mass is 261 g/mol. The predicted octanol–water partition coefficient (Wildman–Crippen LogP) is 4.53. The Morgan fingerprint density at radius 2 is 2.06 bits per heavy atom. The molecule has 0 saturated heterocycles. The number of nitrogens with zero attached hydrogens (tertiary/aromatic N) is 1. The van der Waals surface area contributed by atoms with Crippen LogP contribution in [-0.4, -0.2) is 17.8 Å². The lowest BCUT2D eigenvalue weighted by atomic mass is 10.1. The van der Waals surface area contributed by atoms with E-state index in [4.69, 9.17) is 4.74 Å². The summed E-state index contributed by atoms with van der Waals surface area (Å²) in [5, 5.41) is 3.40. The zero-order chi connectivity index (χ0) is 12.8. The van der Waals surface area contributed by atoms with Gasteiger partial charge in [0.25, 0.3) is 0 Å². The zero-order valence-corrected chi connectivity index (χ0v) is 11.8. The van der Waals surface area contributed by atoms with Crippen LogP contribution in [0.1, 0.15) is 26.2 Å². The molecule has 18 heavy (non-hydrogen) atoms. The van der Waals surface area contributed by atoms with Crippen LogP contribution in [0.5, 0.6) is 5.75 Å². The van der Waals surface area contributed by atoms with Crippen molar-refractivity contribution < 1.29 is 4.74 Å². The standard InChI is InChI=1S/C15H19NOS/c1-3-4-5-11-17-14-8-6-7-13-12(14)9-10-16-15(13)18-2/h6-10H,3-5,11H2,1-2H3. The fourth-order valence-electron chi connectivity index (χ4n) is 1.97. The normalized spacial score (nSPS) is 10.8. The molecule has 0 saturated carbocycles. The quantitative estimate of drug-likeness (QED) is 0.563. The number of thioether (sulfide) groups is 1. The zero-order valence-electron chi connectivity index (χ0n) is 11.0. The van der Waals surface area contributed by atoms with Crippen molar-refractivity contribution in [2.75, 3.05) is 12.9 Å². The van der Waals surface area contributed by atoms with Gasteiger partial charge in [-0.15, -0.1) is 11.8 Å². The van der Waals surface area contributed by atoms with E-state index in [0.717, 1.165) is 29.2 Å². The summed E-state index contributed by atoms with van der Waals surface area (Å²) in [7, 11) is 0. The van der Waals surface area contributed by atoms with Crippen molar-refractivity contribution in [3.05, 3.63) is 30.5 Å². The van der Waals surface area contributed by atoms with Gasteiger partial charge in [0.1, 0.15) is 10.8 Å². The number of benzene rings is 1. The van der Waals surface area contributed by atoms with E-state index in [9.17, 15) is 0 Å². The molecule has 0 spiro atoms. The molecule has 0 fully saturated rings. The Labute approximate surface area is 113 Å². The smallest absolute Gasteiger partial charge is 0.127 e. The number of unbranched alkanes of at least 4 members (excludes halogenated alkanes) is 2. The first-order chi connectivity index (χ1) is 8.86. The van der Waals surface area contributed by atoms with Crippen molar-refractivity contribution in [1.29, 1.82) is 0 Å². The summed E-state index contributed by atoms with van der Waals surface area (Å²) >= 11 is 1.67. The summed E-state index contributed by atoms with van der Waals surface area (Å²) in [4.78, 5) is 4.38. The molecule has 0 aliphatic heterocycles. The highest BCUT2D eigenvalue weighted by Gasteiger charge is 2.05. The van der Waals surface area contributed by atoms with Crippen LogP contribution < -0.4 is 4.74 Å². The lowest BCUT2D eigenvalue weighted by molar-refractivity contribution is 0.310. The van der Waals surface area contributed by atoms with E-state index in [2.05, 4.69) is 24.2 Å².